The Bertz CT molecular complexity index is 3220. The van der Waals surface area contributed by atoms with Gasteiger partial charge >= 0.3 is 0 Å². The maximum atomic E-state index is 6.39. The van der Waals surface area contributed by atoms with Crippen LogP contribution < -0.4 is 4.90 Å². The van der Waals surface area contributed by atoms with Crippen molar-refractivity contribution in [1.29, 1.82) is 0 Å². The Morgan fingerprint density at radius 2 is 0.982 bits per heavy atom. The highest BCUT2D eigenvalue weighted by atomic mass is 32.1. The molecule has 0 fully saturated rings. The van der Waals surface area contributed by atoms with Crippen molar-refractivity contribution >= 4 is 81.3 Å². The van der Waals surface area contributed by atoms with Crippen LogP contribution in [0.2, 0.25) is 0 Å². The molecule has 0 radical (unpaired) electrons. The zero-order chi connectivity index (χ0) is 36.3. The minimum Gasteiger partial charge on any atom is -0.456 e. The van der Waals surface area contributed by atoms with E-state index in [4.69, 9.17) is 4.42 Å². The van der Waals surface area contributed by atoms with Crippen LogP contribution in [0.5, 0.6) is 0 Å². The van der Waals surface area contributed by atoms with Gasteiger partial charge in [-0.1, -0.05) is 152 Å². The van der Waals surface area contributed by atoms with Crippen molar-refractivity contribution in [3.8, 4) is 33.4 Å². The number of benzene rings is 9. The van der Waals surface area contributed by atoms with Gasteiger partial charge in [-0.05, 0) is 87.1 Å². The summed E-state index contributed by atoms with van der Waals surface area (Å²) in [7, 11) is 0. The van der Waals surface area contributed by atoms with E-state index in [0.717, 1.165) is 55.7 Å². The van der Waals surface area contributed by atoms with E-state index in [0.29, 0.717) is 0 Å². The normalized spacial score (nSPS) is 11.6. The van der Waals surface area contributed by atoms with Gasteiger partial charge in [-0.3, -0.25) is 0 Å². The van der Waals surface area contributed by atoms with Gasteiger partial charge in [-0.25, -0.2) is 0 Å². The number of nitrogens with zero attached hydrogens (tertiary/aromatic N) is 1. The quantitative estimate of drug-likeness (QED) is 0.170. The molecule has 2 heterocycles. The van der Waals surface area contributed by atoms with E-state index >= 15 is 0 Å². The van der Waals surface area contributed by atoms with Crippen molar-refractivity contribution in [2.45, 2.75) is 0 Å². The van der Waals surface area contributed by atoms with E-state index in [2.05, 4.69) is 199 Å². The molecule has 0 aliphatic heterocycles. The van der Waals surface area contributed by atoms with Gasteiger partial charge in [0.1, 0.15) is 11.2 Å². The van der Waals surface area contributed by atoms with Crippen molar-refractivity contribution in [3.63, 3.8) is 0 Å². The summed E-state index contributed by atoms with van der Waals surface area (Å²) in [5, 5.41) is 7.29. The van der Waals surface area contributed by atoms with Gasteiger partial charge in [0.2, 0.25) is 0 Å². The standard InChI is InChI=1S/C52H33NOS/c1-2-17-39-35(13-1)14-10-21-40(39)36-31-29-34(30-32-36)37-15-9-16-38(33-37)53(46-24-12-28-50-52(46)44-20-5-8-27-49(44)55-50)45-23-6-3-18-41(45)42-22-11-26-48-51(42)43-19-4-7-25-47(43)54-48/h1-33H. The molecule has 0 aliphatic carbocycles. The highest BCUT2D eigenvalue weighted by molar-refractivity contribution is 7.26. The molecule has 0 bridgehead atoms. The average molecular weight is 720 g/mol. The maximum Gasteiger partial charge on any atom is 0.136 e. The molecule has 3 heteroatoms. The zero-order valence-electron chi connectivity index (χ0n) is 29.8. The lowest BCUT2D eigenvalue weighted by molar-refractivity contribution is 0.669. The molecule has 0 spiro atoms. The molecule has 2 nitrogen and oxygen atoms in total. The second kappa shape index (κ2) is 12.9. The van der Waals surface area contributed by atoms with Crippen LogP contribution in [0.1, 0.15) is 0 Å². The van der Waals surface area contributed by atoms with Gasteiger partial charge in [0.05, 0.1) is 11.4 Å². The van der Waals surface area contributed by atoms with Gasteiger partial charge in [-0.2, -0.15) is 0 Å². The minimum absolute atomic E-state index is 0.889. The topological polar surface area (TPSA) is 16.4 Å². The Morgan fingerprint density at radius 1 is 0.364 bits per heavy atom. The van der Waals surface area contributed by atoms with Crippen molar-refractivity contribution < 1.29 is 4.42 Å². The molecule has 0 N–H and O–H groups in total. The highest BCUT2D eigenvalue weighted by Gasteiger charge is 2.23. The Hall–Kier alpha value is -6.94. The fourth-order valence-corrected chi connectivity index (χ4v) is 9.52. The van der Waals surface area contributed by atoms with Gasteiger partial charge in [-0.15, -0.1) is 11.3 Å². The largest absolute Gasteiger partial charge is 0.456 e. The zero-order valence-corrected chi connectivity index (χ0v) is 30.6. The third-order valence-corrected chi connectivity index (χ3v) is 12.0. The first-order valence-electron chi connectivity index (χ1n) is 18.7. The summed E-state index contributed by atoms with van der Waals surface area (Å²) < 4.78 is 8.94. The number of hydrogen-bond acceptors (Lipinski definition) is 3. The van der Waals surface area contributed by atoms with Crippen LogP contribution in [-0.4, -0.2) is 0 Å². The molecule has 9 aromatic carbocycles. The fraction of sp³-hybridized carbons (Fsp3) is 0. The van der Waals surface area contributed by atoms with Crippen LogP contribution in [0.4, 0.5) is 17.1 Å². The first kappa shape index (κ1) is 31.6. The first-order chi connectivity index (χ1) is 27.3. The summed E-state index contributed by atoms with van der Waals surface area (Å²) in [4.78, 5) is 2.46. The number of furan rings is 1. The Balaban J connectivity index is 1.11. The van der Waals surface area contributed by atoms with E-state index in [1.54, 1.807) is 0 Å². The van der Waals surface area contributed by atoms with Gasteiger partial charge < -0.3 is 9.32 Å². The average Bonchev–Trinajstić information content (AvgIpc) is 3.83. The predicted octanol–water partition coefficient (Wildman–Crippen LogP) is 15.6. The van der Waals surface area contributed by atoms with Crippen LogP contribution in [-0.2, 0) is 0 Å². The lowest BCUT2D eigenvalue weighted by Crippen LogP contribution is -2.11. The second-order valence-electron chi connectivity index (χ2n) is 14.0. The van der Waals surface area contributed by atoms with Crippen molar-refractivity contribution in [1.82, 2.24) is 0 Å². The maximum absolute atomic E-state index is 6.39. The smallest absolute Gasteiger partial charge is 0.136 e. The first-order valence-corrected chi connectivity index (χ1v) is 19.5. The lowest BCUT2D eigenvalue weighted by atomic mass is 9.95. The van der Waals surface area contributed by atoms with E-state index in [1.807, 2.05) is 17.4 Å². The van der Waals surface area contributed by atoms with Gasteiger partial charge in [0.25, 0.3) is 0 Å². The van der Waals surface area contributed by atoms with Crippen LogP contribution in [0.25, 0.3) is 86.3 Å². The number of thiophene rings is 1. The molecule has 11 aromatic rings. The van der Waals surface area contributed by atoms with E-state index in [-0.39, 0.29) is 0 Å². The highest BCUT2D eigenvalue weighted by Crippen LogP contribution is 2.49. The Morgan fingerprint density at radius 3 is 1.91 bits per heavy atom. The van der Waals surface area contributed by atoms with Crippen molar-refractivity contribution in [3.05, 3.63) is 200 Å². The number of anilines is 3. The third kappa shape index (κ3) is 5.24. The van der Waals surface area contributed by atoms with Gasteiger partial charge in [0.15, 0.2) is 0 Å². The summed E-state index contributed by atoms with van der Waals surface area (Å²) in [6, 6.07) is 72.2. The molecule has 2 aromatic heterocycles. The number of para-hydroxylation sites is 2. The van der Waals surface area contributed by atoms with Crippen molar-refractivity contribution in [2.75, 3.05) is 4.90 Å². The van der Waals surface area contributed by atoms with Crippen LogP contribution >= 0.6 is 11.3 Å². The van der Waals surface area contributed by atoms with Gasteiger partial charge in [0, 0.05) is 42.2 Å². The molecule has 0 saturated carbocycles. The van der Waals surface area contributed by atoms with E-state index in [1.165, 1.54) is 47.6 Å². The summed E-state index contributed by atoms with van der Waals surface area (Å²) in [6.45, 7) is 0. The third-order valence-electron chi connectivity index (χ3n) is 10.9. The Kier molecular flexibility index (Phi) is 7.39. The summed E-state index contributed by atoms with van der Waals surface area (Å²) in [5.41, 5.74) is 12.2. The van der Waals surface area contributed by atoms with E-state index < -0.39 is 0 Å². The lowest BCUT2D eigenvalue weighted by Gasteiger charge is -2.29. The molecule has 11 rings (SSSR count). The number of rotatable bonds is 6. The molecule has 0 atom stereocenters. The number of hydrogen-bond donors (Lipinski definition) is 0. The molecular weight excluding hydrogens is 687 g/mol. The molecule has 0 aliphatic rings. The summed E-state index contributed by atoms with van der Waals surface area (Å²) in [6.07, 6.45) is 0. The predicted molar refractivity (Wildman–Crippen MR) is 235 cm³/mol. The van der Waals surface area contributed by atoms with Crippen LogP contribution in [0, 0.1) is 0 Å². The van der Waals surface area contributed by atoms with E-state index in [9.17, 15) is 0 Å². The SMILES string of the molecule is c1cc(-c2ccc(-c3cccc4ccccc34)cc2)cc(N(c2ccccc2-c2cccc3oc4ccccc4c23)c2cccc3sc4ccccc4c23)c1. The summed E-state index contributed by atoms with van der Waals surface area (Å²) in [5.74, 6) is 0. The summed E-state index contributed by atoms with van der Waals surface area (Å²) >= 11 is 1.85. The Labute approximate surface area is 322 Å². The monoisotopic (exact) mass is 719 g/mol. The minimum atomic E-state index is 0.889. The fourth-order valence-electron chi connectivity index (χ4n) is 8.39. The molecule has 258 valence electrons. The molecular formula is C52H33NOS. The number of fused-ring (bicyclic) bond motifs is 7. The molecule has 0 amide bonds. The molecule has 0 saturated heterocycles. The van der Waals surface area contributed by atoms with Crippen LogP contribution in [0.3, 0.4) is 0 Å². The van der Waals surface area contributed by atoms with Crippen LogP contribution in [0.15, 0.2) is 205 Å². The van der Waals surface area contributed by atoms with Crippen molar-refractivity contribution in [2.24, 2.45) is 0 Å². The molecule has 0 unspecified atom stereocenters. The molecule has 55 heavy (non-hydrogen) atoms. The second-order valence-corrected chi connectivity index (χ2v) is 15.1.